The van der Waals surface area contributed by atoms with Gasteiger partial charge < -0.3 is 11.1 Å². The minimum Gasteiger partial charge on any atom is -0.399 e. The predicted molar refractivity (Wildman–Crippen MR) is 98.9 cm³/mol. The van der Waals surface area contributed by atoms with Gasteiger partial charge in [-0.25, -0.2) is 0 Å². The van der Waals surface area contributed by atoms with Crippen molar-refractivity contribution in [1.82, 2.24) is 5.32 Å². The third kappa shape index (κ3) is 4.09. The maximum atomic E-state index is 12.4. The van der Waals surface area contributed by atoms with Crippen LogP contribution in [-0.2, 0) is 11.2 Å². The second-order valence-corrected chi connectivity index (χ2v) is 6.92. The minimum absolute atomic E-state index is 0.0742. The number of carbonyl (C=O) groups is 1. The van der Waals surface area contributed by atoms with Crippen molar-refractivity contribution in [3.63, 3.8) is 0 Å². The number of rotatable bonds is 6. The van der Waals surface area contributed by atoms with Crippen LogP contribution >= 0.6 is 11.6 Å². The predicted octanol–water partition coefficient (Wildman–Crippen LogP) is 4.51. The van der Waals surface area contributed by atoms with E-state index in [1.165, 1.54) is 19.3 Å². The van der Waals surface area contributed by atoms with Gasteiger partial charge in [-0.15, -0.1) is 0 Å². The number of para-hydroxylation sites is 1. The molecule has 2 aromatic rings. The normalized spacial score (nSPS) is 15.5. The Kier molecular flexibility index (Phi) is 5.41. The molecule has 0 aromatic heterocycles. The highest BCUT2D eigenvalue weighted by Crippen LogP contribution is 2.38. The van der Waals surface area contributed by atoms with Gasteiger partial charge in [-0.2, -0.15) is 0 Å². The molecular weight excluding hydrogens is 320 g/mol. The van der Waals surface area contributed by atoms with Gasteiger partial charge in [-0.1, -0.05) is 48.4 Å². The lowest BCUT2D eigenvalue weighted by atomic mass is 9.77. The van der Waals surface area contributed by atoms with Crippen LogP contribution in [0, 0.1) is 5.92 Å². The maximum Gasteiger partial charge on any atom is 0.220 e. The van der Waals surface area contributed by atoms with Crippen LogP contribution in [0.1, 0.15) is 42.9 Å². The summed E-state index contributed by atoms with van der Waals surface area (Å²) in [4.78, 5) is 12.4. The molecule has 0 heterocycles. The number of hydrogen-bond acceptors (Lipinski definition) is 2. The van der Waals surface area contributed by atoms with Crippen LogP contribution in [0.15, 0.2) is 48.5 Å². The first-order valence-corrected chi connectivity index (χ1v) is 8.89. The van der Waals surface area contributed by atoms with Crippen LogP contribution in [0.4, 0.5) is 5.69 Å². The first kappa shape index (κ1) is 16.8. The van der Waals surface area contributed by atoms with Gasteiger partial charge in [0.2, 0.25) is 5.91 Å². The first-order valence-electron chi connectivity index (χ1n) is 8.51. The lowest BCUT2D eigenvalue weighted by Gasteiger charge is -2.34. The van der Waals surface area contributed by atoms with E-state index in [0.717, 1.165) is 21.8 Å². The maximum absolute atomic E-state index is 12.4. The van der Waals surface area contributed by atoms with Crippen LogP contribution in [0.5, 0.6) is 0 Å². The molecule has 1 fully saturated rings. The molecular formula is C20H23ClN2O. The zero-order valence-electron chi connectivity index (χ0n) is 13.7. The Hall–Kier alpha value is -2.00. The zero-order chi connectivity index (χ0) is 16.9. The van der Waals surface area contributed by atoms with Crippen LogP contribution in [0.2, 0.25) is 5.02 Å². The second kappa shape index (κ2) is 7.71. The molecule has 1 amide bonds. The molecule has 126 valence electrons. The molecule has 0 saturated heterocycles. The number of amides is 1. The highest BCUT2D eigenvalue weighted by molar-refractivity contribution is 6.30. The fourth-order valence-electron chi connectivity index (χ4n) is 3.17. The van der Waals surface area contributed by atoms with E-state index < -0.39 is 0 Å². The number of halogens is 1. The summed E-state index contributed by atoms with van der Waals surface area (Å²) >= 11 is 5.98. The number of anilines is 1. The van der Waals surface area contributed by atoms with Crippen molar-refractivity contribution in [2.45, 2.75) is 38.1 Å². The van der Waals surface area contributed by atoms with Crippen molar-refractivity contribution >= 4 is 23.2 Å². The van der Waals surface area contributed by atoms with E-state index in [1.807, 2.05) is 48.5 Å². The fourth-order valence-corrected chi connectivity index (χ4v) is 3.30. The molecule has 1 atom stereocenters. The van der Waals surface area contributed by atoms with Crippen LogP contribution in [0.25, 0.3) is 0 Å². The van der Waals surface area contributed by atoms with Crippen LogP contribution in [0.3, 0.4) is 0 Å². The lowest BCUT2D eigenvalue weighted by molar-refractivity contribution is -0.122. The van der Waals surface area contributed by atoms with Crippen molar-refractivity contribution in [3.8, 4) is 0 Å². The Balaban J connectivity index is 1.63. The molecule has 3 nitrogen and oxygen atoms in total. The van der Waals surface area contributed by atoms with E-state index in [2.05, 4.69) is 5.32 Å². The molecule has 2 aromatic carbocycles. The topological polar surface area (TPSA) is 55.1 Å². The summed E-state index contributed by atoms with van der Waals surface area (Å²) in [5.74, 6) is 0.599. The van der Waals surface area contributed by atoms with Gasteiger partial charge in [0.15, 0.2) is 0 Å². The number of hydrogen-bond donors (Lipinski definition) is 2. The molecule has 1 aliphatic rings. The lowest BCUT2D eigenvalue weighted by Crippen LogP contribution is -2.36. The Morgan fingerprint density at radius 2 is 1.88 bits per heavy atom. The van der Waals surface area contributed by atoms with Crippen molar-refractivity contribution in [2.75, 3.05) is 5.73 Å². The van der Waals surface area contributed by atoms with E-state index in [-0.39, 0.29) is 11.9 Å². The van der Waals surface area contributed by atoms with Crippen molar-refractivity contribution in [2.24, 2.45) is 5.92 Å². The SMILES string of the molecule is Nc1ccccc1CCC(=O)NC(c1ccc(Cl)cc1)C1CCC1. The van der Waals surface area contributed by atoms with E-state index >= 15 is 0 Å². The highest BCUT2D eigenvalue weighted by atomic mass is 35.5. The molecule has 3 N–H and O–H groups in total. The molecule has 0 spiro atoms. The number of nitrogen functional groups attached to an aromatic ring is 1. The molecule has 4 heteroatoms. The summed E-state index contributed by atoms with van der Waals surface area (Å²) in [6.45, 7) is 0. The van der Waals surface area contributed by atoms with E-state index in [1.54, 1.807) is 0 Å². The van der Waals surface area contributed by atoms with Crippen molar-refractivity contribution < 1.29 is 4.79 Å². The Labute approximate surface area is 148 Å². The quantitative estimate of drug-likeness (QED) is 0.759. The van der Waals surface area contributed by atoms with Gasteiger partial charge in [-0.05, 0) is 54.5 Å². The van der Waals surface area contributed by atoms with Crippen molar-refractivity contribution in [3.05, 3.63) is 64.7 Å². The number of nitrogens with one attached hydrogen (secondary N) is 1. The first-order chi connectivity index (χ1) is 11.6. The van der Waals surface area contributed by atoms with E-state index in [4.69, 9.17) is 17.3 Å². The molecule has 0 aliphatic heterocycles. The summed E-state index contributed by atoms with van der Waals surface area (Å²) in [6.07, 6.45) is 4.69. The number of aryl methyl sites for hydroxylation is 1. The van der Waals surface area contributed by atoms with Gasteiger partial charge in [0.1, 0.15) is 0 Å². The average Bonchev–Trinajstić information content (AvgIpc) is 2.52. The molecule has 1 saturated carbocycles. The highest BCUT2D eigenvalue weighted by Gasteiger charge is 2.29. The number of benzene rings is 2. The Morgan fingerprint density at radius 1 is 1.17 bits per heavy atom. The molecule has 0 radical (unpaired) electrons. The third-order valence-corrected chi connectivity index (χ3v) is 5.10. The van der Waals surface area contributed by atoms with Gasteiger partial charge in [0.05, 0.1) is 6.04 Å². The molecule has 24 heavy (non-hydrogen) atoms. The molecule has 0 bridgehead atoms. The van der Waals surface area contributed by atoms with Crippen LogP contribution < -0.4 is 11.1 Å². The zero-order valence-corrected chi connectivity index (χ0v) is 14.4. The molecule has 3 rings (SSSR count). The second-order valence-electron chi connectivity index (χ2n) is 6.49. The van der Waals surface area contributed by atoms with E-state index in [9.17, 15) is 4.79 Å². The Morgan fingerprint density at radius 3 is 2.50 bits per heavy atom. The van der Waals surface area contributed by atoms with Gasteiger partial charge in [0.25, 0.3) is 0 Å². The number of carbonyl (C=O) groups excluding carboxylic acids is 1. The fraction of sp³-hybridized carbons (Fsp3) is 0.350. The standard InChI is InChI=1S/C20H23ClN2O/c21-17-11-8-16(9-12-17)20(15-5-3-6-15)23-19(24)13-10-14-4-1-2-7-18(14)22/h1-2,4,7-9,11-12,15,20H,3,5-6,10,13,22H2,(H,23,24). The third-order valence-electron chi connectivity index (χ3n) is 4.84. The largest absolute Gasteiger partial charge is 0.399 e. The summed E-state index contributed by atoms with van der Waals surface area (Å²) in [6, 6.07) is 15.6. The summed E-state index contributed by atoms with van der Waals surface area (Å²) in [5, 5.41) is 3.94. The van der Waals surface area contributed by atoms with E-state index in [0.29, 0.717) is 18.8 Å². The summed E-state index contributed by atoms with van der Waals surface area (Å²) in [5.41, 5.74) is 8.86. The van der Waals surface area contributed by atoms with Crippen molar-refractivity contribution in [1.29, 1.82) is 0 Å². The summed E-state index contributed by atoms with van der Waals surface area (Å²) < 4.78 is 0. The van der Waals surface area contributed by atoms with Gasteiger partial charge in [0, 0.05) is 17.1 Å². The van der Waals surface area contributed by atoms with Gasteiger partial charge in [-0.3, -0.25) is 4.79 Å². The summed E-state index contributed by atoms with van der Waals surface area (Å²) in [7, 11) is 0. The smallest absolute Gasteiger partial charge is 0.220 e. The van der Waals surface area contributed by atoms with Crippen LogP contribution in [-0.4, -0.2) is 5.91 Å². The Bertz CT molecular complexity index is 695. The average molecular weight is 343 g/mol. The monoisotopic (exact) mass is 342 g/mol. The molecule has 1 unspecified atom stereocenters. The minimum atomic E-state index is 0.0742. The van der Waals surface area contributed by atoms with Gasteiger partial charge >= 0.3 is 0 Å². The molecule has 1 aliphatic carbocycles. The number of nitrogens with two attached hydrogens (primary N) is 1.